The molecular weight excluding hydrogens is 252 g/mol. The van der Waals surface area contributed by atoms with Gasteiger partial charge in [-0.15, -0.1) is 0 Å². The topological polar surface area (TPSA) is 65.5 Å². The van der Waals surface area contributed by atoms with E-state index in [2.05, 4.69) is 27.9 Å². The molecule has 0 spiro atoms. The molecule has 0 saturated heterocycles. The first kappa shape index (κ1) is 16.8. The van der Waals surface area contributed by atoms with E-state index in [1.54, 1.807) is 0 Å². The molecule has 1 aliphatic carbocycles. The second-order valence-corrected chi connectivity index (χ2v) is 5.34. The minimum absolute atomic E-state index is 0.149. The van der Waals surface area contributed by atoms with Gasteiger partial charge in [0.05, 0.1) is 0 Å². The molecule has 1 amide bonds. The van der Waals surface area contributed by atoms with Crippen LogP contribution in [0.4, 0.5) is 0 Å². The van der Waals surface area contributed by atoms with E-state index in [-0.39, 0.29) is 5.91 Å². The summed E-state index contributed by atoms with van der Waals surface area (Å²) in [4.78, 5) is 16.3. The largest absolute Gasteiger partial charge is 0.357 e. The summed E-state index contributed by atoms with van der Waals surface area (Å²) < 4.78 is 0. The molecule has 20 heavy (non-hydrogen) atoms. The number of aliphatic imine (C=N–C) groups is 1. The number of nitrogens with zero attached hydrogens (tertiary/aromatic N) is 1. The molecule has 0 aromatic heterocycles. The molecule has 1 fully saturated rings. The number of carbonyl (C=O) groups excluding carboxylic acids is 1. The Morgan fingerprint density at radius 1 is 1.15 bits per heavy atom. The van der Waals surface area contributed by atoms with E-state index in [0.717, 1.165) is 38.3 Å². The number of amides is 1. The minimum Gasteiger partial charge on any atom is -0.357 e. The van der Waals surface area contributed by atoms with Crippen LogP contribution in [0.5, 0.6) is 0 Å². The smallest absolute Gasteiger partial charge is 0.221 e. The van der Waals surface area contributed by atoms with Crippen molar-refractivity contribution in [1.82, 2.24) is 16.0 Å². The highest BCUT2D eigenvalue weighted by Crippen LogP contribution is 2.17. The number of hydrogen-bond donors (Lipinski definition) is 3. The number of guanidine groups is 1. The van der Waals surface area contributed by atoms with Crippen molar-refractivity contribution in [3.63, 3.8) is 0 Å². The Morgan fingerprint density at radius 2 is 1.90 bits per heavy atom. The number of hydrogen-bond acceptors (Lipinski definition) is 2. The highest BCUT2D eigenvalue weighted by Gasteiger charge is 2.15. The Morgan fingerprint density at radius 3 is 2.55 bits per heavy atom. The molecule has 116 valence electrons. The standard InChI is InChI=1S/C15H30N4O/c1-3-11-17-15(16-4-2)18-12-10-14(20)19-13-8-6-5-7-9-13/h13H,3-12H2,1-2H3,(H,19,20)(H2,16,17,18). The van der Waals surface area contributed by atoms with Crippen LogP contribution in [0.1, 0.15) is 58.8 Å². The number of nitrogens with one attached hydrogen (secondary N) is 3. The first-order valence-electron chi connectivity index (χ1n) is 8.07. The van der Waals surface area contributed by atoms with Crippen LogP contribution in [-0.4, -0.2) is 37.5 Å². The molecule has 1 aliphatic rings. The normalized spacial score (nSPS) is 16.8. The molecule has 5 heteroatoms. The summed E-state index contributed by atoms with van der Waals surface area (Å²) in [6.07, 6.45) is 7.62. The quantitative estimate of drug-likeness (QED) is 0.493. The van der Waals surface area contributed by atoms with Crippen molar-refractivity contribution in [2.45, 2.75) is 64.8 Å². The van der Waals surface area contributed by atoms with Crippen molar-refractivity contribution < 1.29 is 4.79 Å². The van der Waals surface area contributed by atoms with Gasteiger partial charge >= 0.3 is 0 Å². The summed E-state index contributed by atoms with van der Waals surface area (Å²) in [6.45, 7) is 6.42. The van der Waals surface area contributed by atoms with E-state index in [1.165, 1.54) is 19.3 Å². The summed E-state index contributed by atoms with van der Waals surface area (Å²) in [5.41, 5.74) is 0. The first-order chi connectivity index (χ1) is 9.76. The van der Waals surface area contributed by atoms with Crippen molar-refractivity contribution in [3.8, 4) is 0 Å². The van der Waals surface area contributed by atoms with E-state index < -0.39 is 0 Å². The Bertz CT molecular complexity index is 298. The van der Waals surface area contributed by atoms with E-state index in [9.17, 15) is 4.79 Å². The summed E-state index contributed by atoms with van der Waals surface area (Å²) in [5.74, 6) is 0.954. The van der Waals surface area contributed by atoms with Crippen LogP contribution in [0.3, 0.4) is 0 Å². The minimum atomic E-state index is 0.149. The van der Waals surface area contributed by atoms with E-state index >= 15 is 0 Å². The van der Waals surface area contributed by atoms with E-state index in [4.69, 9.17) is 0 Å². The maximum atomic E-state index is 11.9. The molecule has 1 saturated carbocycles. The van der Waals surface area contributed by atoms with Crippen LogP contribution in [0.2, 0.25) is 0 Å². The molecule has 3 N–H and O–H groups in total. The van der Waals surface area contributed by atoms with Crippen molar-refractivity contribution >= 4 is 11.9 Å². The van der Waals surface area contributed by atoms with Gasteiger partial charge in [-0.05, 0) is 26.2 Å². The fourth-order valence-corrected chi connectivity index (χ4v) is 2.41. The predicted octanol–water partition coefficient (Wildman–Crippen LogP) is 1.79. The van der Waals surface area contributed by atoms with Gasteiger partial charge in [-0.1, -0.05) is 26.2 Å². The number of rotatable bonds is 7. The second-order valence-electron chi connectivity index (χ2n) is 5.34. The third-order valence-corrected chi connectivity index (χ3v) is 3.45. The van der Waals surface area contributed by atoms with Gasteiger partial charge in [0.1, 0.15) is 0 Å². The second kappa shape index (κ2) is 10.5. The lowest BCUT2D eigenvalue weighted by atomic mass is 9.95. The lowest BCUT2D eigenvalue weighted by Crippen LogP contribution is -2.41. The van der Waals surface area contributed by atoms with Gasteiger partial charge in [-0.2, -0.15) is 0 Å². The summed E-state index contributed by atoms with van der Waals surface area (Å²) in [7, 11) is 0. The molecule has 0 unspecified atom stereocenters. The van der Waals surface area contributed by atoms with Gasteiger partial charge in [-0.3, -0.25) is 9.79 Å². The van der Waals surface area contributed by atoms with Crippen LogP contribution in [0.15, 0.2) is 4.99 Å². The average molecular weight is 282 g/mol. The maximum Gasteiger partial charge on any atom is 0.221 e. The monoisotopic (exact) mass is 282 g/mol. The molecule has 5 nitrogen and oxygen atoms in total. The zero-order chi connectivity index (χ0) is 14.6. The molecule has 0 aliphatic heterocycles. The molecule has 0 aromatic rings. The van der Waals surface area contributed by atoms with Crippen LogP contribution >= 0.6 is 0 Å². The maximum absolute atomic E-state index is 11.9. The highest BCUT2D eigenvalue weighted by molar-refractivity contribution is 5.81. The SMILES string of the molecule is CCCN=C(NCC)NCCC(=O)NC1CCCCC1. The zero-order valence-corrected chi connectivity index (χ0v) is 13.0. The lowest BCUT2D eigenvalue weighted by Gasteiger charge is -2.22. The summed E-state index contributed by atoms with van der Waals surface area (Å²) >= 11 is 0. The van der Waals surface area contributed by atoms with Crippen molar-refractivity contribution in [2.75, 3.05) is 19.6 Å². The summed E-state index contributed by atoms with van der Waals surface area (Å²) in [5, 5.41) is 9.51. The van der Waals surface area contributed by atoms with Gasteiger partial charge in [0, 0.05) is 32.1 Å². The molecule has 0 heterocycles. The van der Waals surface area contributed by atoms with Crippen molar-refractivity contribution in [1.29, 1.82) is 0 Å². The molecule has 0 bridgehead atoms. The highest BCUT2D eigenvalue weighted by atomic mass is 16.1. The Labute approximate surface area is 123 Å². The van der Waals surface area contributed by atoms with E-state index in [1.807, 2.05) is 6.92 Å². The summed E-state index contributed by atoms with van der Waals surface area (Å²) in [6, 6.07) is 0.401. The van der Waals surface area contributed by atoms with Crippen LogP contribution in [-0.2, 0) is 4.79 Å². The van der Waals surface area contributed by atoms with Gasteiger partial charge in [0.2, 0.25) is 5.91 Å². The zero-order valence-electron chi connectivity index (χ0n) is 13.0. The molecule has 0 aromatic carbocycles. The van der Waals surface area contributed by atoms with E-state index in [0.29, 0.717) is 19.0 Å². The average Bonchev–Trinajstić information content (AvgIpc) is 2.45. The molecule has 0 radical (unpaired) electrons. The lowest BCUT2D eigenvalue weighted by molar-refractivity contribution is -0.121. The van der Waals surface area contributed by atoms with Gasteiger partial charge < -0.3 is 16.0 Å². The van der Waals surface area contributed by atoms with Crippen LogP contribution < -0.4 is 16.0 Å². The fraction of sp³-hybridized carbons (Fsp3) is 0.867. The van der Waals surface area contributed by atoms with Crippen LogP contribution in [0, 0.1) is 0 Å². The van der Waals surface area contributed by atoms with Crippen LogP contribution in [0.25, 0.3) is 0 Å². The van der Waals surface area contributed by atoms with Crippen molar-refractivity contribution in [3.05, 3.63) is 0 Å². The van der Waals surface area contributed by atoms with Gasteiger partial charge in [-0.25, -0.2) is 0 Å². The third kappa shape index (κ3) is 7.36. The fourth-order valence-electron chi connectivity index (χ4n) is 2.41. The van der Waals surface area contributed by atoms with Gasteiger partial charge in [0.15, 0.2) is 5.96 Å². The third-order valence-electron chi connectivity index (χ3n) is 3.45. The Kier molecular flexibility index (Phi) is 8.83. The molecule has 0 atom stereocenters. The first-order valence-corrected chi connectivity index (χ1v) is 8.07. The molecule has 1 rings (SSSR count). The van der Waals surface area contributed by atoms with Crippen molar-refractivity contribution in [2.24, 2.45) is 4.99 Å². The Balaban J connectivity index is 2.18. The Hall–Kier alpha value is -1.26. The molecular formula is C15H30N4O. The predicted molar refractivity (Wildman–Crippen MR) is 83.9 cm³/mol. The van der Waals surface area contributed by atoms with Gasteiger partial charge in [0.25, 0.3) is 0 Å². The number of carbonyl (C=O) groups is 1.